The number of carbonyl (C=O) groups is 3. The first-order valence-corrected chi connectivity index (χ1v) is 9.33. The number of nitrogens with one attached hydrogen (secondary N) is 4. The number of anilines is 4. The van der Waals surface area contributed by atoms with Crippen molar-refractivity contribution in [3.05, 3.63) is 48.5 Å². The fourth-order valence-electron chi connectivity index (χ4n) is 2.43. The van der Waals surface area contributed by atoms with Gasteiger partial charge in [0.2, 0.25) is 17.7 Å². The first-order valence-electron chi connectivity index (χ1n) is 9.33. The molecule has 0 aromatic heterocycles. The summed E-state index contributed by atoms with van der Waals surface area (Å²) in [5.74, 6) is -0.296. The van der Waals surface area contributed by atoms with Crippen LogP contribution in [0, 0.1) is 0 Å². The Labute approximate surface area is 164 Å². The van der Waals surface area contributed by atoms with Crippen LogP contribution in [0.25, 0.3) is 0 Å². The maximum Gasteiger partial charge on any atom is 0.243 e. The third-order valence-corrected chi connectivity index (χ3v) is 3.85. The number of hydrogen-bond donors (Lipinski definition) is 4. The lowest BCUT2D eigenvalue weighted by Gasteiger charge is -2.10. The van der Waals surface area contributed by atoms with E-state index in [2.05, 4.69) is 21.3 Å². The predicted octanol–water partition coefficient (Wildman–Crippen LogP) is 3.82. The Balaban J connectivity index is 1.83. The van der Waals surface area contributed by atoms with Gasteiger partial charge in [0.25, 0.3) is 0 Å². The van der Waals surface area contributed by atoms with Crippen LogP contribution in [0.15, 0.2) is 48.5 Å². The molecule has 0 aliphatic heterocycles. The smallest absolute Gasteiger partial charge is 0.243 e. The van der Waals surface area contributed by atoms with Gasteiger partial charge in [0.1, 0.15) is 0 Å². The molecule has 3 amide bonds. The minimum Gasteiger partial charge on any atom is -0.376 e. The molecule has 0 heterocycles. The fourth-order valence-corrected chi connectivity index (χ4v) is 2.43. The van der Waals surface area contributed by atoms with Crippen LogP contribution in [0.5, 0.6) is 0 Å². The summed E-state index contributed by atoms with van der Waals surface area (Å²) in [5.41, 5.74) is 2.75. The van der Waals surface area contributed by atoms with E-state index in [-0.39, 0.29) is 24.3 Å². The van der Waals surface area contributed by atoms with Crippen LogP contribution in [0.4, 0.5) is 22.7 Å². The van der Waals surface area contributed by atoms with Crippen molar-refractivity contribution in [1.82, 2.24) is 0 Å². The third-order valence-electron chi connectivity index (χ3n) is 3.85. The van der Waals surface area contributed by atoms with Gasteiger partial charge < -0.3 is 21.3 Å². The van der Waals surface area contributed by atoms with Crippen molar-refractivity contribution in [1.29, 1.82) is 0 Å². The zero-order chi connectivity index (χ0) is 20.4. The van der Waals surface area contributed by atoms with Crippen molar-refractivity contribution < 1.29 is 14.4 Å². The Bertz CT molecular complexity index is 819. The molecule has 7 nitrogen and oxygen atoms in total. The van der Waals surface area contributed by atoms with Gasteiger partial charge in [-0.2, -0.15) is 0 Å². The highest BCUT2D eigenvalue weighted by Crippen LogP contribution is 2.16. The van der Waals surface area contributed by atoms with Gasteiger partial charge in [-0.05, 0) is 48.9 Å². The highest BCUT2D eigenvalue weighted by Gasteiger charge is 2.05. The molecule has 0 spiro atoms. The largest absolute Gasteiger partial charge is 0.376 e. The Kier molecular flexibility index (Phi) is 8.02. The molecule has 2 aromatic carbocycles. The number of amides is 3. The SMILES string of the molecule is CCCC(=O)Nc1cccc(NCC(=O)Nc2ccc(NC(=O)CC)cc2)c1. The van der Waals surface area contributed by atoms with Crippen LogP contribution in [-0.2, 0) is 14.4 Å². The Morgan fingerprint density at radius 1 is 0.714 bits per heavy atom. The maximum absolute atomic E-state index is 12.1. The quantitative estimate of drug-likeness (QED) is 0.530. The third kappa shape index (κ3) is 7.11. The molecule has 0 bridgehead atoms. The van der Waals surface area contributed by atoms with Crippen molar-refractivity contribution in [2.45, 2.75) is 33.1 Å². The van der Waals surface area contributed by atoms with E-state index >= 15 is 0 Å². The van der Waals surface area contributed by atoms with Gasteiger partial charge in [-0.25, -0.2) is 0 Å². The molecule has 0 saturated heterocycles. The first-order chi connectivity index (χ1) is 13.5. The Morgan fingerprint density at radius 2 is 1.29 bits per heavy atom. The number of carbonyl (C=O) groups excluding carboxylic acids is 3. The molecular weight excluding hydrogens is 356 g/mol. The lowest BCUT2D eigenvalue weighted by atomic mass is 10.2. The zero-order valence-corrected chi connectivity index (χ0v) is 16.2. The van der Waals surface area contributed by atoms with Crippen LogP contribution in [0.3, 0.4) is 0 Å². The molecule has 0 saturated carbocycles. The van der Waals surface area contributed by atoms with Crippen molar-refractivity contribution in [3.63, 3.8) is 0 Å². The first kappa shape index (κ1) is 21.0. The van der Waals surface area contributed by atoms with Crippen molar-refractivity contribution in [3.8, 4) is 0 Å². The molecule has 0 atom stereocenters. The second kappa shape index (κ2) is 10.7. The van der Waals surface area contributed by atoms with E-state index in [9.17, 15) is 14.4 Å². The molecule has 7 heteroatoms. The van der Waals surface area contributed by atoms with E-state index in [0.29, 0.717) is 29.9 Å². The Morgan fingerprint density at radius 3 is 1.89 bits per heavy atom. The van der Waals surface area contributed by atoms with E-state index in [4.69, 9.17) is 0 Å². The van der Waals surface area contributed by atoms with E-state index in [1.165, 1.54) is 0 Å². The second-order valence-electron chi connectivity index (χ2n) is 6.26. The fraction of sp³-hybridized carbons (Fsp3) is 0.286. The maximum atomic E-state index is 12.1. The summed E-state index contributed by atoms with van der Waals surface area (Å²) in [6.45, 7) is 3.82. The van der Waals surface area contributed by atoms with Crippen LogP contribution < -0.4 is 21.3 Å². The zero-order valence-electron chi connectivity index (χ0n) is 16.2. The summed E-state index contributed by atoms with van der Waals surface area (Å²) in [5, 5.41) is 11.4. The normalized spacial score (nSPS) is 10.1. The molecule has 4 N–H and O–H groups in total. The number of hydrogen-bond acceptors (Lipinski definition) is 4. The second-order valence-corrected chi connectivity index (χ2v) is 6.26. The highest BCUT2D eigenvalue weighted by atomic mass is 16.2. The van der Waals surface area contributed by atoms with Gasteiger partial charge in [-0.15, -0.1) is 0 Å². The van der Waals surface area contributed by atoms with E-state index in [0.717, 1.165) is 12.1 Å². The topological polar surface area (TPSA) is 99.3 Å². The summed E-state index contributed by atoms with van der Waals surface area (Å²) >= 11 is 0. The van der Waals surface area contributed by atoms with Crippen molar-refractivity contribution >= 4 is 40.5 Å². The molecule has 0 radical (unpaired) electrons. The highest BCUT2D eigenvalue weighted by molar-refractivity contribution is 5.95. The van der Waals surface area contributed by atoms with Crippen LogP contribution >= 0.6 is 0 Å². The standard InChI is InChI=1S/C21H26N4O3/c1-3-6-20(27)25-18-8-5-7-17(13-18)22-14-21(28)24-16-11-9-15(10-12-16)23-19(26)4-2/h5,7-13,22H,3-4,6,14H2,1-2H3,(H,23,26)(H,24,28)(H,25,27). The summed E-state index contributed by atoms with van der Waals surface area (Å²) in [7, 11) is 0. The lowest BCUT2D eigenvalue weighted by molar-refractivity contribution is -0.116. The van der Waals surface area contributed by atoms with E-state index in [1.807, 2.05) is 19.1 Å². The van der Waals surface area contributed by atoms with Crippen molar-refractivity contribution in [2.75, 3.05) is 27.8 Å². The van der Waals surface area contributed by atoms with E-state index < -0.39 is 0 Å². The lowest BCUT2D eigenvalue weighted by Crippen LogP contribution is -2.21. The molecule has 0 aliphatic rings. The molecular formula is C21H26N4O3. The van der Waals surface area contributed by atoms with Crippen LogP contribution in [0.2, 0.25) is 0 Å². The molecule has 0 aliphatic carbocycles. The summed E-state index contributed by atoms with van der Waals surface area (Å²) in [6.07, 6.45) is 1.67. The monoisotopic (exact) mass is 382 g/mol. The van der Waals surface area contributed by atoms with Crippen molar-refractivity contribution in [2.24, 2.45) is 0 Å². The number of rotatable bonds is 9. The number of benzene rings is 2. The van der Waals surface area contributed by atoms with E-state index in [1.54, 1.807) is 43.3 Å². The van der Waals surface area contributed by atoms with Gasteiger partial charge in [0.15, 0.2) is 0 Å². The minimum absolute atomic E-state index is 0.0315. The minimum atomic E-state index is -0.203. The van der Waals surface area contributed by atoms with Gasteiger partial charge in [-0.1, -0.05) is 19.9 Å². The van der Waals surface area contributed by atoms with Gasteiger partial charge in [-0.3, -0.25) is 14.4 Å². The molecule has 0 unspecified atom stereocenters. The predicted molar refractivity (Wildman–Crippen MR) is 112 cm³/mol. The molecule has 2 aromatic rings. The molecule has 148 valence electrons. The van der Waals surface area contributed by atoms with Gasteiger partial charge in [0, 0.05) is 35.6 Å². The van der Waals surface area contributed by atoms with Gasteiger partial charge >= 0.3 is 0 Å². The summed E-state index contributed by atoms with van der Waals surface area (Å²) < 4.78 is 0. The molecule has 2 rings (SSSR count). The average molecular weight is 382 g/mol. The van der Waals surface area contributed by atoms with Crippen LogP contribution in [-0.4, -0.2) is 24.3 Å². The Hall–Kier alpha value is -3.35. The van der Waals surface area contributed by atoms with Crippen LogP contribution in [0.1, 0.15) is 33.1 Å². The summed E-state index contributed by atoms with van der Waals surface area (Å²) in [6, 6.07) is 14.2. The molecule has 0 fully saturated rings. The molecule has 28 heavy (non-hydrogen) atoms. The van der Waals surface area contributed by atoms with Gasteiger partial charge in [0.05, 0.1) is 6.54 Å². The average Bonchev–Trinajstić information content (AvgIpc) is 2.68. The summed E-state index contributed by atoms with van der Waals surface area (Å²) in [4.78, 5) is 35.2.